The average Bonchev–Trinajstić information content (AvgIpc) is 3.30. The highest BCUT2D eigenvalue weighted by molar-refractivity contribution is 5.90. The first-order chi connectivity index (χ1) is 20.4. The summed E-state index contributed by atoms with van der Waals surface area (Å²) in [4.78, 5) is 21.6. The molecule has 0 aliphatic rings. The molecule has 8 heteroatoms. The summed E-state index contributed by atoms with van der Waals surface area (Å²) in [5.41, 5.74) is 8.88. The molecule has 3 aromatic carbocycles. The smallest absolute Gasteiger partial charge is 0.223 e. The van der Waals surface area contributed by atoms with Gasteiger partial charge >= 0.3 is 0 Å². The maximum absolute atomic E-state index is 12.1. The molecular formula is C34H37N5O3. The van der Waals surface area contributed by atoms with Gasteiger partial charge in [0, 0.05) is 31.5 Å². The van der Waals surface area contributed by atoms with E-state index >= 15 is 0 Å². The van der Waals surface area contributed by atoms with Crippen molar-refractivity contribution in [3.8, 4) is 5.75 Å². The highest BCUT2D eigenvalue weighted by Gasteiger charge is 2.17. The van der Waals surface area contributed by atoms with Crippen LogP contribution in [-0.2, 0) is 30.9 Å². The number of aryl methyl sites for hydroxylation is 3. The molecule has 0 saturated carbocycles. The summed E-state index contributed by atoms with van der Waals surface area (Å²) in [5.74, 6) is 0.957. The quantitative estimate of drug-likeness (QED) is 0.168. The fourth-order valence-corrected chi connectivity index (χ4v) is 4.96. The number of hydrogen-bond donors (Lipinski definition) is 3. The van der Waals surface area contributed by atoms with Gasteiger partial charge in [-0.1, -0.05) is 48.5 Å². The number of rotatable bonds is 12. The lowest BCUT2D eigenvalue weighted by atomic mass is 10.0. The fraction of sp³-hybridized carbons (Fsp3) is 0.265. The van der Waals surface area contributed by atoms with Crippen molar-refractivity contribution in [1.29, 1.82) is 0 Å². The van der Waals surface area contributed by atoms with Crippen LogP contribution in [0.3, 0.4) is 0 Å². The minimum atomic E-state index is -0.193. The number of fused-ring (bicyclic) bond motifs is 1. The third-order valence-electron chi connectivity index (χ3n) is 7.07. The molecule has 0 fully saturated rings. The van der Waals surface area contributed by atoms with Gasteiger partial charge in [-0.05, 0) is 79.3 Å². The number of carbonyl (C=O) groups excluding carboxylic acids is 1. The highest BCUT2D eigenvalue weighted by Crippen LogP contribution is 2.27. The predicted molar refractivity (Wildman–Crippen MR) is 167 cm³/mol. The monoisotopic (exact) mass is 563 g/mol. The summed E-state index contributed by atoms with van der Waals surface area (Å²) >= 11 is 0. The van der Waals surface area contributed by atoms with Crippen LogP contribution in [0.5, 0.6) is 5.75 Å². The highest BCUT2D eigenvalue weighted by atomic mass is 16.5. The molecule has 1 amide bonds. The van der Waals surface area contributed by atoms with E-state index in [2.05, 4.69) is 41.8 Å². The second-order valence-electron chi connectivity index (χ2n) is 10.5. The molecule has 3 N–H and O–H groups in total. The lowest BCUT2D eigenvalue weighted by Gasteiger charge is -2.15. The van der Waals surface area contributed by atoms with Crippen LogP contribution in [0.15, 0.2) is 78.9 Å². The predicted octanol–water partition coefficient (Wildman–Crippen LogP) is 6.17. The summed E-state index contributed by atoms with van der Waals surface area (Å²) in [6, 6.07) is 26.4. The van der Waals surface area contributed by atoms with Crippen molar-refractivity contribution < 1.29 is 14.6 Å². The first kappa shape index (κ1) is 28.8. The first-order valence-electron chi connectivity index (χ1n) is 14.2. The normalized spacial score (nSPS) is 11.0. The third-order valence-corrected chi connectivity index (χ3v) is 7.07. The van der Waals surface area contributed by atoms with Gasteiger partial charge in [-0.2, -0.15) is 0 Å². The molecular weight excluding hydrogens is 526 g/mol. The van der Waals surface area contributed by atoms with E-state index in [0.717, 1.165) is 52.1 Å². The van der Waals surface area contributed by atoms with E-state index in [9.17, 15) is 9.90 Å². The van der Waals surface area contributed by atoms with E-state index in [1.807, 2.05) is 66.1 Å². The van der Waals surface area contributed by atoms with Crippen LogP contribution in [-0.4, -0.2) is 32.2 Å². The summed E-state index contributed by atoms with van der Waals surface area (Å²) in [6.07, 6.45) is 1.53. The number of aliphatic hydroxyl groups is 1. The fourth-order valence-electron chi connectivity index (χ4n) is 4.96. The van der Waals surface area contributed by atoms with E-state index in [1.165, 1.54) is 18.1 Å². The molecule has 42 heavy (non-hydrogen) atoms. The Labute approximate surface area is 246 Å². The zero-order valence-electron chi connectivity index (χ0n) is 24.4. The van der Waals surface area contributed by atoms with E-state index in [4.69, 9.17) is 14.7 Å². The van der Waals surface area contributed by atoms with Crippen LogP contribution in [0.2, 0.25) is 0 Å². The number of nitrogens with one attached hydrogen (secondary N) is 2. The SMILES string of the molecule is CC(=O)Nc1nc2ccc(CNc3cc(C)ccc3CCCO)cc2n1Cc1nc(C)ccc1OCc1ccccc1. The molecule has 0 saturated heterocycles. The second-order valence-corrected chi connectivity index (χ2v) is 10.5. The maximum atomic E-state index is 12.1. The van der Waals surface area contributed by atoms with Crippen molar-refractivity contribution in [2.45, 2.75) is 53.3 Å². The first-order valence-corrected chi connectivity index (χ1v) is 14.2. The lowest BCUT2D eigenvalue weighted by molar-refractivity contribution is -0.114. The van der Waals surface area contributed by atoms with Crippen LogP contribution in [0.4, 0.5) is 11.6 Å². The number of ether oxygens (including phenoxy) is 1. The lowest BCUT2D eigenvalue weighted by Crippen LogP contribution is -2.14. The van der Waals surface area contributed by atoms with E-state index in [0.29, 0.717) is 31.4 Å². The van der Waals surface area contributed by atoms with Crippen molar-refractivity contribution in [1.82, 2.24) is 14.5 Å². The Kier molecular flexibility index (Phi) is 9.14. The molecule has 0 aliphatic carbocycles. The Morgan fingerprint density at radius 1 is 0.952 bits per heavy atom. The van der Waals surface area contributed by atoms with E-state index in [-0.39, 0.29) is 12.5 Å². The van der Waals surface area contributed by atoms with Crippen LogP contribution in [0.25, 0.3) is 11.0 Å². The summed E-state index contributed by atoms with van der Waals surface area (Å²) in [6.45, 7) is 7.09. The van der Waals surface area contributed by atoms with E-state index < -0.39 is 0 Å². The molecule has 0 radical (unpaired) electrons. The number of benzene rings is 3. The topological polar surface area (TPSA) is 101 Å². The van der Waals surface area contributed by atoms with Gasteiger partial charge in [0.05, 0.1) is 17.6 Å². The van der Waals surface area contributed by atoms with Gasteiger partial charge < -0.3 is 19.7 Å². The Morgan fingerprint density at radius 3 is 2.57 bits per heavy atom. The number of nitrogens with zero attached hydrogens (tertiary/aromatic N) is 3. The Morgan fingerprint density at radius 2 is 1.79 bits per heavy atom. The van der Waals surface area contributed by atoms with Crippen LogP contribution in [0.1, 0.15) is 47.0 Å². The number of anilines is 2. The van der Waals surface area contributed by atoms with Gasteiger partial charge in [0.2, 0.25) is 11.9 Å². The van der Waals surface area contributed by atoms with Crippen LogP contribution < -0.4 is 15.4 Å². The zero-order chi connectivity index (χ0) is 29.5. The molecule has 0 bridgehead atoms. The van der Waals surface area contributed by atoms with Crippen molar-refractivity contribution in [2.24, 2.45) is 0 Å². The molecule has 0 atom stereocenters. The number of hydrogen-bond acceptors (Lipinski definition) is 6. The van der Waals surface area contributed by atoms with Gasteiger partial charge in [-0.15, -0.1) is 0 Å². The Bertz CT molecular complexity index is 1680. The number of aliphatic hydroxyl groups excluding tert-OH is 1. The number of imidazole rings is 1. The molecule has 0 unspecified atom stereocenters. The average molecular weight is 564 g/mol. The summed E-state index contributed by atoms with van der Waals surface area (Å²) < 4.78 is 8.19. The third kappa shape index (κ3) is 7.14. The van der Waals surface area contributed by atoms with Gasteiger partial charge in [0.15, 0.2) is 0 Å². The van der Waals surface area contributed by atoms with Gasteiger partial charge in [0.1, 0.15) is 18.1 Å². The number of amides is 1. The molecule has 2 heterocycles. The molecule has 5 rings (SSSR count). The van der Waals surface area contributed by atoms with Crippen molar-refractivity contribution in [3.05, 3.63) is 113 Å². The minimum Gasteiger partial charge on any atom is -0.487 e. The van der Waals surface area contributed by atoms with Gasteiger partial charge in [-0.3, -0.25) is 15.1 Å². The second kappa shape index (κ2) is 13.3. The van der Waals surface area contributed by atoms with Crippen molar-refractivity contribution in [3.63, 3.8) is 0 Å². The molecule has 2 aromatic heterocycles. The Balaban J connectivity index is 1.45. The van der Waals surface area contributed by atoms with Gasteiger partial charge in [-0.25, -0.2) is 4.98 Å². The molecule has 0 aliphatic heterocycles. The molecule has 0 spiro atoms. The number of carbonyl (C=O) groups is 1. The van der Waals surface area contributed by atoms with Gasteiger partial charge in [0.25, 0.3) is 0 Å². The number of pyridine rings is 1. The maximum Gasteiger partial charge on any atom is 0.223 e. The summed E-state index contributed by atoms with van der Waals surface area (Å²) in [5, 5.41) is 15.8. The molecule has 8 nitrogen and oxygen atoms in total. The van der Waals surface area contributed by atoms with E-state index in [1.54, 1.807) is 0 Å². The van der Waals surface area contributed by atoms with Crippen LogP contribution in [0, 0.1) is 13.8 Å². The summed E-state index contributed by atoms with van der Waals surface area (Å²) in [7, 11) is 0. The minimum absolute atomic E-state index is 0.166. The zero-order valence-corrected chi connectivity index (χ0v) is 24.4. The molecule has 216 valence electrons. The molecule has 5 aromatic rings. The Hall–Kier alpha value is -4.69. The largest absolute Gasteiger partial charge is 0.487 e. The van der Waals surface area contributed by atoms with Crippen molar-refractivity contribution >= 4 is 28.6 Å². The van der Waals surface area contributed by atoms with Crippen molar-refractivity contribution in [2.75, 3.05) is 17.2 Å². The van der Waals surface area contributed by atoms with Crippen LogP contribution >= 0.6 is 0 Å². The number of aromatic nitrogens is 3. The standard InChI is InChI=1S/C34H37N5O3/c1-23-11-14-28(10-7-17-40)30(18-23)35-20-27-13-15-29-32(19-27)39(34(38-29)37-25(3)41)21-31-33(16-12-24(2)36-31)42-22-26-8-5-4-6-9-26/h4-6,8-9,11-16,18-19,35,40H,7,10,17,20-22H2,1-3H3,(H,37,38,41).